The van der Waals surface area contributed by atoms with Crippen LogP contribution in [0.5, 0.6) is 0 Å². The third-order valence-corrected chi connectivity index (χ3v) is 6.90. The lowest BCUT2D eigenvalue weighted by Crippen LogP contribution is -2.61. The zero-order valence-corrected chi connectivity index (χ0v) is 13.6. The van der Waals surface area contributed by atoms with Crippen molar-refractivity contribution in [2.45, 2.75) is 83.2 Å². The molecular weight excluding hydrogens is 262 g/mol. The van der Waals surface area contributed by atoms with Crippen molar-refractivity contribution in [3.8, 4) is 0 Å². The van der Waals surface area contributed by atoms with Gasteiger partial charge in [-0.3, -0.25) is 4.79 Å². The molecule has 21 heavy (non-hydrogen) atoms. The molecule has 3 nitrogen and oxygen atoms in total. The molecule has 1 N–H and O–H groups in total. The van der Waals surface area contributed by atoms with Crippen LogP contribution in [0, 0.1) is 11.3 Å². The molecule has 2 aliphatic carbocycles. The maximum atomic E-state index is 12.4. The molecule has 1 heterocycles. The molecule has 0 radical (unpaired) electrons. The molecule has 0 aromatic rings. The number of carbonyl (C=O) groups excluding carboxylic acids is 1. The predicted molar refractivity (Wildman–Crippen MR) is 83.9 cm³/mol. The van der Waals surface area contributed by atoms with Crippen LogP contribution in [0.4, 0.5) is 0 Å². The van der Waals surface area contributed by atoms with Crippen molar-refractivity contribution >= 4 is 5.91 Å². The Morgan fingerprint density at radius 2 is 1.81 bits per heavy atom. The zero-order chi connectivity index (χ0) is 14.9. The van der Waals surface area contributed by atoms with E-state index in [0.29, 0.717) is 5.91 Å². The standard InChI is InChI=1S/C18H31NO2/c1-2-18(21)10-9-17(18)11-13-19(14-12-17)16(20)8-7-15-5-3-4-6-15/h15,21H,2-14H2,1H3. The van der Waals surface area contributed by atoms with Gasteiger partial charge in [-0.2, -0.15) is 0 Å². The van der Waals surface area contributed by atoms with E-state index in [1.54, 1.807) is 0 Å². The number of nitrogens with zero attached hydrogens (tertiary/aromatic N) is 1. The molecule has 1 amide bonds. The first kappa shape index (κ1) is 15.3. The normalized spacial score (nSPS) is 32.4. The Bertz CT molecular complexity index is 377. The first-order chi connectivity index (χ1) is 10.1. The van der Waals surface area contributed by atoms with Gasteiger partial charge in [-0.05, 0) is 44.4 Å². The van der Waals surface area contributed by atoms with Crippen LogP contribution in [0.2, 0.25) is 0 Å². The molecule has 3 heteroatoms. The van der Waals surface area contributed by atoms with Gasteiger partial charge in [-0.15, -0.1) is 0 Å². The topological polar surface area (TPSA) is 40.5 Å². The van der Waals surface area contributed by atoms with Crippen molar-refractivity contribution in [2.75, 3.05) is 13.1 Å². The highest BCUT2D eigenvalue weighted by Crippen LogP contribution is 2.57. The van der Waals surface area contributed by atoms with E-state index in [2.05, 4.69) is 11.8 Å². The van der Waals surface area contributed by atoms with Crippen LogP contribution < -0.4 is 0 Å². The molecule has 2 saturated carbocycles. The average molecular weight is 293 g/mol. The summed E-state index contributed by atoms with van der Waals surface area (Å²) < 4.78 is 0. The SMILES string of the molecule is CCC1(O)CCC12CCN(C(=O)CCC1CCCC1)CC2. The quantitative estimate of drug-likeness (QED) is 0.862. The Balaban J connectivity index is 1.46. The van der Waals surface area contributed by atoms with Crippen LogP contribution in [-0.4, -0.2) is 34.6 Å². The Hall–Kier alpha value is -0.570. The van der Waals surface area contributed by atoms with E-state index in [9.17, 15) is 9.90 Å². The maximum absolute atomic E-state index is 12.4. The zero-order valence-electron chi connectivity index (χ0n) is 13.6. The summed E-state index contributed by atoms with van der Waals surface area (Å²) in [4.78, 5) is 14.4. The first-order valence-corrected chi connectivity index (χ1v) is 9.09. The number of amides is 1. The van der Waals surface area contributed by atoms with Crippen LogP contribution >= 0.6 is 0 Å². The van der Waals surface area contributed by atoms with Gasteiger partial charge in [-0.1, -0.05) is 32.6 Å². The number of hydrogen-bond donors (Lipinski definition) is 1. The second-order valence-electron chi connectivity index (χ2n) is 7.74. The second kappa shape index (κ2) is 5.91. The molecule has 0 aromatic carbocycles. The van der Waals surface area contributed by atoms with Gasteiger partial charge >= 0.3 is 0 Å². The van der Waals surface area contributed by atoms with Gasteiger partial charge in [0.25, 0.3) is 0 Å². The average Bonchev–Trinajstić information content (AvgIpc) is 3.04. The van der Waals surface area contributed by atoms with Gasteiger partial charge < -0.3 is 10.0 Å². The van der Waals surface area contributed by atoms with E-state index >= 15 is 0 Å². The van der Waals surface area contributed by atoms with Crippen LogP contribution in [-0.2, 0) is 4.79 Å². The summed E-state index contributed by atoms with van der Waals surface area (Å²) >= 11 is 0. The lowest BCUT2D eigenvalue weighted by molar-refractivity contribution is -0.192. The second-order valence-corrected chi connectivity index (χ2v) is 7.74. The molecular formula is C18H31NO2. The van der Waals surface area contributed by atoms with E-state index in [-0.39, 0.29) is 5.41 Å². The van der Waals surface area contributed by atoms with Gasteiger partial charge in [0.2, 0.25) is 5.91 Å². The summed E-state index contributed by atoms with van der Waals surface area (Å²) in [5.74, 6) is 1.16. The van der Waals surface area contributed by atoms with Crippen molar-refractivity contribution in [3.63, 3.8) is 0 Å². The van der Waals surface area contributed by atoms with E-state index in [1.165, 1.54) is 25.7 Å². The maximum Gasteiger partial charge on any atom is 0.222 e. The van der Waals surface area contributed by atoms with Crippen LogP contribution in [0.3, 0.4) is 0 Å². The fourth-order valence-electron chi connectivity index (χ4n) is 5.00. The fourth-order valence-corrected chi connectivity index (χ4v) is 5.00. The highest BCUT2D eigenvalue weighted by Gasteiger charge is 2.57. The summed E-state index contributed by atoms with van der Waals surface area (Å²) in [7, 11) is 0. The highest BCUT2D eigenvalue weighted by atomic mass is 16.3. The molecule has 3 rings (SSSR count). The molecule has 0 aromatic heterocycles. The van der Waals surface area contributed by atoms with Gasteiger partial charge in [0, 0.05) is 24.9 Å². The Morgan fingerprint density at radius 1 is 1.14 bits per heavy atom. The van der Waals surface area contributed by atoms with Crippen molar-refractivity contribution < 1.29 is 9.90 Å². The lowest BCUT2D eigenvalue weighted by atomic mass is 9.51. The molecule has 1 spiro atoms. The summed E-state index contributed by atoms with van der Waals surface area (Å²) in [5, 5.41) is 10.7. The Kier molecular flexibility index (Phi) is 4.31. The Labute approximate surface area is 129 Å². The van der Waals surface area contributed by atoms with Crippen molar-refractivity contribution in [3.05, 3.63) is 0 Å². The summed E-state index contributed by atoms with van der Waals surface area (Å²) in [5.41, 5.74) is -0.310. The van der Waals surface area contributed by atoms with Gasteiger partial charge in [0.1, 0.15) is 0 Å². The summed E-state index contributed by atoms with van der Waals surface area (Å²) in [6, 6.07) is 0. The molecule has 1 aliphatic heterocycles. The number of hydrogen-bond acceptors (Lipinski definition) is 2. The monoisotopic (exact) mass is 293 g/mol. The van der Waals surface area contributed by atoms with Crippen LogP contribution in [0.25, 0.3) is 0 Å². The number of likely N-dealkylation sites (tertiary alicyclic amines) is 1. The molecule has 3 aliphatic rings. The van der Waals surface area contributed by atoms with Crippen LogP contribution in [0.1, 0.15) is 77.6 Å². The van der Waals surface area contributed by atoms with E-state index < -0.39 is 5.60 Å². The highest BCUT2D eigenvalue weighted by molar-refractivity contribution is 5.76. The van der Waals surface area contributed by atoms with Crippen molar-refractivity contribution in [1.29, 1.82) is 0 Å². The molecule has 1 saturated heterocycles. The van der Waals surface area contributed by atoms with Crippen LogP contribution in [0.15, 0.2) is 0 Å². The minimum Gasteiger partial charge on any atom is -0.389 e. The minimum absolute atomic E-state index is 0.129. The smallest absolute Gasteiger partial charge is 0.222 e. The van der Waals surface area contributed by atoms with Gasteiger partial charge in [-0.25, -0.2) is 0 Å². The number of rotatable bonds is 4. The van der Waals surface area contributed by atoms with E-state index in [0.717, 1.165) is 64.0 Å². The molecule has 1 unspecified atom stereocenters. The number of carbonyl (C=O) groups is 1. The molecule has 1 atom stereocenters. The van der Waals surface area contributed by atoms with Crippen molar-refractivity contribution in [1.82, 2.24) is 4.90 Å². The minimum atomic E-state index is -0.439. The van der Waals surface area contributed by atoms with Gasteiger partial charge in [0.15, 0.2) is 0 Å². The van der Waals surface area contributed by atoms with Gasteiger partial charge in [0.05, 0.1) is 5.60 Å². The lowest BCUT2D eigenvalue weighted by Gasteiger charge is -2.59. The number of piperidine rings is 1. The first-order valence-electron chi connectivity index (χ1n) is 9.09. The van der Waals surface area contributed by atoms with Crippen molar-refractivity contribution in [2.24, 2.45) is 11.3 Å². The molecule has 120 valence electrons. The largest absolute Gasteiger partial charge is 0.389 e. The fraction of sp³-hybridized carbons (Fsp3) is 0.944. The third kappa shape index (κ3) is 2.74. The predicted octanol–water partition coefficient (Wildman–Crippen LogP) is 3.50. The number of aliphatic hydroxyl groups is 1. The summed E-state index contributed by atoms with van der Waals surface area (Å²) in [6.45, 7) is 3.83. The summed E-state index contributed by atoms with van der Waals surface area (Å²) in [6.07, 6.45) is 12.2. The van der Waals surface area contributed by atoms with E-state index in [4.69, 9.17) is 0 Å². The third-order valence-electron chi connectivity index (χ3n) is 6.90. The Morgan fingerprint density at radius 3 is 2.33 bits per heavy atom. The van der Waals surface area contributed by atoms with E-state index in [1.807, 2.05) is 0 Å². The molecule has 3 fully saturated rings. The molecule has 0 bridgehead atoms.